The van der Waals surface area contributed by atoms with E-state index >= 15 is 0 Å². The molecule has 1 saturated heterocycles. The molecule has 2 aromatic rings. The maximum Gasteiger partial charge on any atom is 0.274 e. The number of amides is 1. The lowest BCUT2D eigenvalue weighted by Crippen LogP contribution is -2.41. The van der Waals surface area contributed by atoms with Crippen molar-refractivity contribution in [1.82, 2.24) is 24.6 Å². The average molecular weight is 341 g/mol. The number of pyridine rings is 1. The molecule has 7 heteroatoms. The normalized spacial score (nSPS) is 18.2. The zero-order valence-electron chi connectivity index (χ0n) is 14.5. The summed E-state index contributed by atoms with van der Waals surface area (Å²) in [7, 11) is 1.94. The molecule has 0 aromatic carbocycles. The molecule has 2 aliphatic rings. The molecule has 2 aliphatic heterocycles. The number of ether oxygens (including phenoxy) is 1. The first-order valence-corrected chi connectivity index (χ1v) is 8.75. The Morgan fingerprint density at radius 3 is 2.72 bits per heavy atom. The van der Waals surface area contributed by atoms with Gasteiger partial charge in [-0.25, -0.2) is 0 Å². The first-order chi connectivity index (χ1) is 12.2. The summed E-state index contributed by atoms with van der Waals surface area (Å²) in [6, 6.07) is 4.10. The molecule has 4 heterocycles. The second-order valence-corrected chi connectivity index (χ2v) is 6.62. The minimum Gasteiger partial charge on any atom is -0.378 e. The van der Waals surface area contributed by atoms with Crippen molar-refractivity contribution in [2.24, 2.45) is 7.05 Å². The van der Waals surface area contributed by atoms with Crippen molar-refractivity contribution >= 4 is 5.91 Å². The maximum atomic E-state index is 12.8. The van der Waals surface area contributed by atoms with E-state index in [1.807, 2.05) is 41.2 Å². The van der Waals surface area contributed by atoms with E-state index < -0.39 is 0 Å². The number of carbonyl (C=O) groups is 1. The number of aryl methyl sites for hydroxylation is 1. The molecule has 1 fully saturated rings. The lowest BCUT2D eigenvalue weighted by Gasteiger charge is -2.29. The predicted octanol–water partition coefficient (Wildman–Crippen LogP) is 0.846. The maximum absolute atomic E-state index is 12.8. The van der Waals surface area contributed by atoms with Gasteiger partial charge < -0.3 is 9.64 Å². The smallest absolute Gasteiger partial charge is 0.274 e. The molecule has 132 valence electrons. The molecule has 0 atom stereocenters. The van der Waals surface area contributed by atoms with Crippen molar-refractivity contribution in [3.8, 4) is 0 Å². The molecular weight excluding hydrogens is 318 g/mol. The van der Waals surface area contributed by atoms with Gasteiger partial charge in [-0.1, -0.05) is 0 Å². The van der Waals surface area contributed by atoms with Crippen molar-refractivity contribution in [2.45, 2.75) is 19.5 Å². The van der Waals surface area contributed by atoms with Gasteiger partial charge in [0.15, 0.2) is 5.69 Å². The molecule has 1 amide bonds. The van der Waals surface area contributed by atoms with E-state index in [1.165, 1.54) is 5.56 Å². The Morgan fingerprint density at radius 1 is 1.20 bits per heavy atom. The molecule has 0 unspecified atom stereocenters. The minimum atomic E-state index is 0.0442. The summed E-state index contributed by atoms with van der Waals surface area (Å²) >= 11 is 0. The van der Waals surface area contributed by atoms with Crippen LogP contribution in [0.25, 0.3) is 0 Å². The molecule has 0 bridgehead atoms. The fraction of sp³-hybridized carbons (Fsp3) is 0.500. The largest absolute Gasteiger partial charge is 0.378 e. The van der Waals surface area contributed by atoms with Crippen molar-refractivity contribution in [3.63, 3.8) is 0 Å². The molecule has 2 aromatic heterocycles. The summed E-state index contributed by atoms with van der Waals surface area (Å²) in [5.41, 5.74) is 4.15. The van der Waals surface area contributed by atoms with Gasteiger partial charge in [0.05, 0.1) is 18.9 Å². The van der Waals surface area contributed by atoms with Gasteiger partial charge in [-0.15, -0.1) is 0 Å². The summed E-state index contributed by atoms with van der Waals surface area (Å²) in [6.45, 7) is 5.17. The summed E-state index contributed by atoms with van der Waals surface area (Å²) in [6.07, 6.45) is 4.52. The fourth-order valence-electron chi connectivity index (χ4n) is 3.59. The number of nitrogens with zero attached hydrogens (tertiary/aromatic N) is 5. The van der Waals surface area contributed by atoms with Gasteiger partial charge in [0.25, 0.3) is 5.91 Å². The number of aromatic nitrogens is 3. The lowest BCUT2D eigenvalue weighted by atomic mass is 10.0. The van der Waals surface area contributed by atoms with Crippen LogP contribution < -0.4 is 0 Å². The molecular formula is C18H23N5O2. The molecule has 0 spiro atoms. The van der Waals surface area contributed by atoms with Crippen molar-refractivity contribution in [1.29, 1.82) is 0 Å². The number of rotatable bonds is 3. The third kappa shape index (κ3) is 3.29. The Bertz CT molecular complexity index is 752. The Morgan fingerprint density at radius 2 is 1.96 bits per heavy atom. The van der Waals surface area contributed by atoms with Gasteiger partial charge in [0, 0.05) is 57.7 Å². The average Bonchev–Trinajstić information content (AvgIpc) is 2.99. The van der Waals surface area contributed by atoms with E-state index in [9.17, 15) is 4.79 Å². The predicted molar refractivity (Wildman–Crippen MR) is 92.0 cm³/mol. The summed E-state index contributed by atoms with van der Waals surface area (Å²) in [4.78, 5) is 21.2. The Balaban J connectivity index is 1.51. The fourth-order valence-corrected chi connectivity index (χ4v) is 3.59. The van der Waals surface area contributed by atoms with Gasteiger partial charge in [-0.2, -0.15) is 5.10 Å². The van der Waals surface area contributed by atoms with Crippen LogP contribution in [0.4, 0.5) is 0 Å². The topological polar surface area (TPSA) is 63.5 Å². The van der Waals surface area contributed by atoms with Crippen molar-refractivity contribution < 1.29 is 9.53 Å². The van der Waals surface area contributed by atoms with Gasteiger partial charge in [-0.3, -0.25) is 19.4 Å². The first-order valence-electron chi connectivity index (χ1n) is 8.75. The standard InChI is InChI=1S/C18H23N5O2/c1-21-16-13-22(12-14-2-5-19-6-3-14)7-4-15(16)17(20-21)18(24)23-8-10-25-11-9-23/h2-3,5-6H,4,7-13H2,1H3. The quantitative estimate of drug-likeness (QED) is 0.828. The third-order valence-electron chi connectivity index (χ3n) is 4.98. The van der Waals surface area contributed by atoms with Crippen LogP contribution in [0.5, 0.6) is 0 Å². The third-order valence-corrected chi connectivity index (χ3v) is 4.98. The highest BCUT2D eigenvalue weighted by Gasteiger charge is 2.29. The van der Waals surface area contributed by atoms with Crippen LogP contribution in [0.1, 0.15) is 27.3 Å². The minimum absolute atomic E-state index is 0.0442. The molecule has 0 aliphatic carbocycles. The van der Waals surface area contributed by atoms with E-state index in [0.29, 0.717) is 32.0 Å². The Kier molecular flexibility index (Phi) is 4.50. The van der Waals surface area contributed by atoms with Crippen molar-refractivity contribution in [3.05, 3.63) is 47.0 Å². The van der Waals surface area contributed by atoms with Crippen molar-refractivity contribution in [2.75, 3.05) is 32.8 Å². The second-order valence-electron chi connectivity index (χ2n) is 6.62. The SMILES string of the molecule is Cn1nc(C(=O)N2CCOCC2)c2c1CN(Cc1ccncc1)CC2. The van der Waals surface area contributed by atoms with E-state index in [4.69, 9.17) is 4.74 Å². The molecule has 0 radical (unpaired) electrons. The number of morpholine rings is 1. The summed E-state index contributed by atoms with van der Waals surface area (Å²) in [5.74, 6) is 0.0442. The molecule has 0 saturated carbocycles. The van der Waals surface area contributed by atoms with Crippen LogP contribution >= 0.6 is 0 Å². The molecule has 25 heavy (non-hydrogen) atoms. The van der Waals surface area contributed by atoms with Gasteiger partial charge in [-0.05, 0) is 24.1 Å². The highest BCUT2D eigenvalue weighted by Crippen LogP contribution is 2.24. The van der Waals surface area contributed by atoms with E-state index in [-0.39, 0.29) is 5.91 Å². The monoisotopic (exact) mass is 341 g/mol. The molecule has 0 N–H and O–H groups in total. The van der Waals surface area contributed by atoms with Crippen LogP contribution in [0, 0.1) is 0 Å². The molecule has 7 nitrogen and oxygen atoms in total. The Labute approximate surface area is 147 Å². The second kappa shape index (κ2) is 6.93. The van der Waals surface area contributed by atoms with Gasteiger partial charge in [0.2, 0.25) is 0 Å². The van der Waals surface area contributed by atoms with E-state index in [0.717, 1.165) is 37.3 Å². The van der Waals surface area contributed by atoms with E-state index in [2.05, 4.69) is 15.0 Å². The van der Waals surface area contributed by atoms with Crippen LogP contribution in [0.3, 0.4) is 0 Å². The summed E-state index contributed by atoms with van der Waals surface area (Å²) < 4.78 is 7.22. The zero-order chi connectivity index (χ0) is 17.2. The van der Waals surface area contributed by atoms with Gasteiger partial charge >= 0.3 is 0 Å². The zero-order valence-corrected chi connectivity index (χ0v) is 14.5. The number of fused-ring (bicyclic) bond motifs is 1. The number of hydrogen-bond donors (Lipinski definition) is 0. The van der Waals surface area contributed by atoms with Crippen LogP contribution in [-0.4, -0.2) is 63.3 Å². The lowest BCUT2D eigenvalue weighted by molar-refractivity contribution is 0.0297. The highest BCUT2D eigenvalue weighted by molar-refractivity contribution is 5.94. The van der Waals surface area contributed by atoms with Crippen LogP contribution in [0.15, 0.2) is 24.5 Å². The number of hydrogen-bond acceptors (Lipinski definition) is 5. The van der Waals surface area contributed by atoms with Crippen LogP contribution in [0.2, 0.25) is 0 Å². The van der Waals surface area contributed by atoms with Crippen LogP contribution in [-0.2, 0) is 31.3 Å². The van der Waals surface area contributed by atoms with Gasteiger partial charge in [0.1, 0.15) is 0 Å². The first kappa shape index (κ1) is 16.2. The highest BCUT2D eigenvalue weighted by atomic mass is 16.5. The number of carbonyl (C=O) groups excluding carboxylic acids is 1. The summed E-state index contributed by atoms with van der Waals surface area (Å²) in [5, 5.41) is 4.56. The Hall–Kier alpha value is -2.25. The van der Waals surface area contributed by atoms with E-state index in [1.54, 1.807) is 0 Å². The molecule has 4 rings (SSSR count).